The minimum absolute atomic E-state index is 0.467. The maximum absolute atomic E-state index is 9.15. The SMILES string of the molecule is N#CCN1CCN(c2cccc(Cl)c2C#N)CC1. The van der Waals surface area contributed by atoms with E-state index in [4.69, 9.17) is 22.1 Å². The molecule has 4 nitrogen and oxygen atoms in total. The molecule has 0 atom stereocenters. The molecule has 0 aliphatic carbocycles. The van der Waals surface area contributed by atoms with Crippen LogP contribution in [0.5, 0.6) is 0 Å². The van der Waals surface area contributed by atoms with Crippen molar-refractivity contribution >= 4 is 17.3 Å². The zero-order chi connectivity index (χ0) is 13.0. The predicted octanol–water partition coefficient (Wildman–Crippen LogP) is 1.86. The molecule has 1 heterocycles. The first-order valence-electron chi connectivity index (χ1n) is 5.79. The maximum atomic E-state index is 9.15. The van der Waals surface area contributed by atoms with Crippen LogP contribution in [0.3, 0.4) is 0 Å². The van der Waals surface area contributed by atoms with E-state index in [0.29, 0.717) is 17.1 Å². The molecule has 0 amide bonds. The lowest BCUT2D eigenvalue weighted by Crippen LogP contribution is -2.46. The number of piperazine rings is 1. The normalized spacial score (nSPS) is 16.1. The molecule has 1 aliphatic heterocycles. The van der Waals surface area contributed by atoms with E-state index in [-0.39, 0.29) is 0 Å². The van der Waals surface area contributed by atoms with Crippen LogP contribution in [-0.4, -0.2) is 37.6 Å². The van der Waals surface area contributed by atoms with Crippen LogP contribution in [0, 0.1) is 22.7 Å². The second-order valence-corrected chi connectivity index (χ2v) is 4.57. The van der Waals surface area contributed by atoms with E-state index in [1.54, 1.807) is 6.07 Å². The van der Waals surface area contributed by atoms with E-state index in [1.807, 2.05) is 12.1 Å². The third-order valence-corrected chi connectivity index (χ3v) is 3.43. The highest BCUT2D eigenvalue weighted by atomic mass is 35.5. The van der Waals surface area contributed by atoms with Gasteiger partial charge in [-0.25, -0.2) is 0 Å². The van der Waals surface area contributed by atoms with Gasteiger partial charge in [0, 0.05) is 26.2 Å². The summed E-state index contributed by atoms with van der Waals surface area (Å²) in [6.07, 6.45) is 0. The van der Waals surface area contributed by atoms with Crippen molar-refractivity contribution in [3.8, 4) is 12.1 Å². The molecular weight excluding hydrogens is 248 g/mol. The molecule has 0 N–H and O–H groups in total. The molecule has 1 aliphatic rings. The lowest BCUT2D eigenvalue weighted by molar-refractivity contribution is 0.287. The van der Waals surface area contributed by atoms with Crippen molar-refractivity contribution < 1.29 is 0 Å². The Hall–Kier alpha value is -1.75. The van der Waals surface area contributed by atoms with Crippen molar-refractivity contribution in [2.24, 2.45) is 0 Å². The van der Waals surface area contributed by atoms with E-state index < -0.39 is 0 Å². The molecule has 1 aromatic carbocycles. The largest absolute Gasteiger partial charge is 0.368 e. The van der Waals surface area contributed by atoms with Crippen LogP contribution >= 0.6 is 11.6 Å². The van der Waals surface area contributed by atoms with Crippen LogP contribution in [0.1, 0.15) is 5.56 Å². The van der Waals surface area contributed by atoms with Gasteiger partial charge in [0.1, 0.15) is 6.07 Å². The summed E-state index contributed by atoms with van der Waals surface area (Å²) in [4.78, 5) is 4.26. The molecule has 0 radical (unpaired) electrons. The number of hydrogen-bond donors (Lipinski definition) is 0. The summed E-state index contributed by atoms with van der Waals surface area (Å²) in [5.41, 5.74) is 1.43. The van der Waals surface area contributed by atoms with Crippen molar-refractivity contribution in [2.45, 2.75) is 0 Å². The lowest BCUT2D eigenvalue weighted by Gasteiger charge is -2.35. The summed E-state index contributed by atoms with van der Waals surface area (Å²) in [5, 5.41) is 18.3. The number of halogens is 1. The van der Waals surface area contributed by atoms with Crippen molar-refractivity contribution in [3.63, 3.8) is 0 Å². The molecule has 1 saturated heterocycles. The molecule has 0 bridgehead atoms. The molecule has 18 heavy (non-hydrogen) atoms. The second-order valence-electron chi connectivity index (χ2n) is 4.17. The Morgan fingerprint density at radius 2 is 1.89 bits per heavy atom. The molecular formula is C13H13ClN4. The van der Waals surface area contributed by atoms with Gasteiger partial charge in [0.05, 0.1) is 28.9 Å². The number of anilines is 1. The maximum Gasteiger partial charge on any atom is 0.103 e. The topological polar surface area (TPSA) is 54.1 Å². The Bertz CT molecular complexity index is 507. The summed E-state index contributed by atoms with van der Waals surface area (Å²) in [6, 6.07) is 9.83. The van der Waals surface area contributed by atoms with Gasteiger partial charge in [-0.05, 0) is 12.1 Å². The van der Waals surface area contributed by atoms with Gasteiger partial charge in [-0.15, -0.1) is 0 Å². The molecule has 1 aromatic rings. The van der Waals surface area contributed by atoms with Gasteiger partial charge in [-0.2, -0.15) is 10.5 Å². The van der Waals surface area contributed by atoms with Gasteiger partial charge >= 0.3 is 0 Å². The molecule has 5 heteroatoms. The third kappa shape index (κ3) is 2.56. The lowest BCUT2D eigenvalue weighted by atomic mass is 10.1. The highest BCUT2D eigenvalue weighted by Gasteiger charge is 2.19. The smallest absolute Gasteiger partial charge is 0.103 e. The van der Waals surface area contributed by atoms with Crippen LogP contribution in [0.25, 0.3) is 0 Å². The van der Waals surface area contributed by atoms with Gasteiger partial charge in [-0.3, -0.25) is 4.90 Å². The van der Waals surface area contributed by atoms with Crippen LogP contribution in [0.4, 0.5) is 5.69 Å². The second kappa shape index (κ2) is 5.73. The number of rotatable bonds is 2. The molecule has 0 aromatic heterocycles. The van der Waals surface area contributed by atoms with Crippen LogP contribution in [-0.2, 0) is 0 Å². The first-order valence-corrected chi connectivity index (χ1v) is 6.17. The zero-order valence-corrected chi connectivity index (χ0v) is 10.7. The standard InChI is InChI=1S/C13H13ClN4/c14-12-2-1-3-13(11(12)10-16)18-8-6-17(5-4-15)7-9-18/h1-3H,5-9H2. The fraction of sp³-hybridized carbons (Fsp3) is 0.385. The molecule has 92 valence electrons. The van der Waals surface area contributed by atoms with E-state index in [2.05, 4.69) is 21.9 Å². The Kier molecular flexibility index (Phi) is 4.04. The van der Waals surface area contributed by atoms with Crippen molar-refractivity contribution in [1.82, 2.24) is 4.90 Å². The number of nitrogens with zero attached hydrogens (tertiary/aromatic N) is 4. The van der Waals surface area contributed by atoms with Gasteiger partial charge in [0.2, 0.25) is 0 Å². The summed E-state index contributed by atoms with van der Waals surface area (Å²) < 4.78 is 0. The first kappa shape index (κ1) is 12.7. The van der Waals surface area contributed by atoms with E-state index in [1.165, 1.54) is 0 Å². The molecule has 2 rings (SSSR count). The van der Waals surface area contributed by atoms with E-state index in [9.17, 15) is 0 Å². The van der Waals surface area contributed by atoms with Crippen LogP contribution < -0.4 is 4.90 Å². The Balaban J connectivity index is 2.13. The highest BCUT2D eigenvalue weighted by molar-refractivity contribution is 6.32. The van der Waals surface area contributed by atoms with Crippen LogP contribution in [0.15, 0.2) is 18.2 Å². The fourth-order valence-corrected chi connectivity index (χ4v) is 2.35. The van der Waals surface area contributed by atoms with E-state index in [0.717, 1.165) is 31.9 Å². The average molecular weight is 261 g/mol. The first-order chi connectivity index (χ1) is 8.76. The van der Waals surface area contributed by atoms with Gasteiger partial charge in [-0.1, -0.05) is 17.7 Å². The van der Waals surface area contributed by atoms with E-state index >= 15 is 0 Å². The minimum Gasteiger partial charge on any atom is -0.368 e. The van der Waals surface area contributed by atoms with Gasteiger partial charge in [0.15, 0.2) is 0 Å². The molecule has 0 unspecified atom stereocenters. The average Bonchev–Trinajstić information content (AvgIpc) is 2.40. The fourth-order valence-electron chi connectivity index (χ4n) is 2.13. The predicted molar refractivity (Wildman–Crippen MR) is 70.4 cm³/mol. The van der Waals surface area contributed by atoms with Gasteiger partial charge < -0.3 is 4.90 Å². The van der Waals surface area contributed by atoms with Gasteiger partial charge in [0.25, 0.3) is 0 Å². The Morgan fingerprint density at radius 3 is 2.50 bits per heavy atom. The number of hydrogen-bond acceptors (Lipinski definition) is 4. The Labute approximate surface area is 112 Å². The molecule has 1 fully saturated rings. The summed E-state index contributed by atoms with van der Waals surface area (Å²) >= 11 is 6.02. The zero-order valence-electron chi connectivity index (χ0n) is 9.93. The van der Waals surface area contributed by atoms with Crippen molar-refractivity contribution in [3.05, 3.63) is 28.8 Å². The summed E-state index contributed by atoms with van der Waals surface area (Å²) in [7, 11) is 0. The highest BCUT2D eigenvalue weighted by Crippen LogP contribution is 2.27. The molecule has 0 spiro atoms. The molecule has 0 saturated carbocycles. The number of benzene rings is 1. The summed E-state index contributed by atoms with van der Waals surface area (Å²) in [5.74, 6) is 0. The van der Waals surface area contributed by atoms with Crippen molar-refractivity contribution in [1.29, 1.82) is 10.5 Å². The Morgan fingerprint density at radius 1 is 1.17 bits per heavy atom. The van der Waals surface area contributed by atoms with Crippen molar-refractivity contribution in [2.75, 3.05) is 37.6 Å². The monoisotopic (exact) mass is 260 g/mol. The third-order valence-electron chi connectivity index (χ3n) is 3.11. The quantitative estimate of drug-likeness (QED) is 0.762. The van der Waals surface area contributed by atoms with Crippen LogP contribution in [0.2, 0.25) is 5.02 Å². The number of nitriles is 2. The summed E-state index contributed by atoms with van der Waals surface area (Å²) in [6.45, 7) is 3.78. The minimum atomic E-state index is 0.467.